The van der Waals surface area contributed by atoms with Crippen LogP contribution >= 0.6 is 0 Å². The lowest BCUT2D eigenvalue weighted by Gasteiger charge is -2.31. The highest BCUT2D eigenvalue weighted by Crippen LogP contribution is 2.34. The Kier molecular flexibility index (Phi) is 9.15. The topological polar surface area (TPSA) is 50.1 Å². The summed E-state index contributed by atoms with van der Waals surface area (Å²) < 4.78 is 18.6. The van der Waals surface area contributed by atoms with Gasteiger partial charge in [-0.25, -0.2) is 0 Å². The molecule has 0 aromatic heterocycles. The van der Waals surface area contributed by atoms with E-state index in [0.717, 1.165) is 50.9 Å². The molecule has 0 aromatic carbocycles. The van der Waals surface area contributed by atoms with Gasteiger partial charge in [0, 0.05) is 0 Å². The number of carbonyl (C=O) groups excluding carboxylic acids is 1. The summed E-state index contributed by atoms with van der Waals surface area (Å²) in [6.07, 6.45) is 15.1. The molecule has 2 saturated carbocycles. The van der Waals surface area contributed by atoms with Gasteiger partial charge in [-0.05, 0) is 82.1 Å². The fourth-order valence-corrected chi connectivity index (χ4v) is 4.47. The first-order valence-corrected chi connectivity index (χ1v) is 10.6. The zero-order chi connectivity index (χ0) is 18.8. The number of unbranched alkanes of at least 4 members (excludes halogenated alkanes) is 1. The predicted octanol–water partition coefficient (Wildman–Crippen LogP) is 6.24. The van der Waals surface area contributed by atoms with Crippen LogP contribution in [0.2, 0.25) is 0 Å². The Morgan fingerprint density at radius 3 is 2.31 bits per heavy atom. The molecule has 0 unspecified atom stereocenters. The third-order valence-corrected chi connectivity index (χ3v) is 6.23. The molecule has 0 N–H and O–H groups in total. The van der Waals surface area contributed by atoms with E-state index in [1.807, 2.05) is 0 Å². The maximum Gasteiger partial charge on any atom is 0.309 e. The van der Waals surface area contributed by atoms with Gasteiger partial charge in [0.05, 0.1) is 5.92 Å². The Morgan fingerprint density at radius 2 is 1.69 bits per heavy atom. The van der Waals surface area contributed by atoms with Gasteiger partial charge in [-0.2, -0.15) is 9.65 Å². The van der Waals surface area contributed by atoms with Crippen molar-refractivity contribution >= 4 is 5.97 Å². The largest absolute Gasteiger partial charge is 0.462 e. The minimum absolute atomic E-state index is 0.0291. The number of allylic oxidation sites excluding steroid dienone is 2. The summed E-state index contributed by atoms with van der Waals surface area (Å²) in [5.41, 5.74) is 0. The number of ether oxygens (including phenoxy) is 1. The first-order valence-electron chi connectivity index (χ1n) is 10.6. The van der Waals surface area contributed by atoms with Crippen molar-refractivity contribution in [2.75, 3.05) is 0 Å². The van der Waals surface area contributed by atoms with Gasteiger partial charge < -0.3 is 4.74 Å². The van der Waals surface area contributed by atoms with Crippen LogP contribution in [0.5, 0.6) is 0 Å². The number of halogens is 1. The van der Waals surface area contributed by atoms with Gasteiger partial charge in [0.1, 0.15) is 12.2 Å². The lowest BCUT2D eigenvalue weighted by molar-refractivity contribution is -0.157. The summed E-state index contributed by atoms with van der Waals surface area (Å²) in [4.78, 5) is 12.4. The Balaban J connectivity index is 1.62. The van der Waals surface area contributed by atoms with E-state index in [-0.39, 0.29) is 18.0 Å². The van der Waals surface area contributed by atoms with Crippen LogP contribution in [0.25, 0.3) is 0 Å². The number of nitrogens with zero attached hydrogens (tertiary/aromatic N) is 1. The van der Waals surface area contributed by atoms with Crippen LogP contribution < -0.4 is 0 Å². The number of esters is 1. The Bertz CT molecular complexity index is 495. The number of nitriles is 1. The highest BCUT2D eigenvalue weighted by Gasteiger charge is 2.30. The minimum atomic E-state index is -0.683. The Morgan fingerprint density at radius 1 is 1.08 bits per heavy atom. The van der Waals surface area contributed by atoms with Crippen molar-refractivity contribution in [3.8, 4) is 6.07 Å². The van der Waals surface area contributed by atoms with Crippen molar-refractivity contribution < 1.29 is 13.9 Å². The maximum absolute atomic E-state index is 12.8. The average Bonchev–Trinajstić information content (AvgIpc) is 2.68. The Hall–Kier alpha value is -1.37. The molecule has 26 heavy (non-hydrogen) atoms. The van der Waals surface area contributed by atoms with Crippen LogP contribution in [0.3, 0.4) is 0 Å². The highest BCUT2D eigenvalue weighted by molar-refractivity contribution is 5.72. The van der Waals surface area contributed by atoms with Crippen molar-refractivity contribution in [1.82, 2.24) is 0 Å². The van der Waals surface area contributed by atoms with E-state index in [9.17, 15) is 9.18 Å². The molecule has 0 atom stereocenters. The van der Waals surface area contributed by atoms with Crippen molar-refractivity contribution in [2.45, 2.75) is 96.5 Å². The molecular formula is C22H34FNO2. The van der Waals surface area contributed by atoms with Crippen molar-refractivity contribution in [1.29, 1.82) is 5.26 Å². The fourth-order valence-electron chi connectivity index (χ4n) is 4.47. The van der Waals surface area contributed by atoms with E-state index in [1.54, 1.807) is 0 Å². The molecule has 0 amide bonds. The van der Waals surface area contributed by atoms with E-state index >= 15 is 0 Å². The maximum atomic E-state index is 12.8. The first-order chi connectivity index (χ1) is 12.6. The van der Waals surface area contributed by atoms with Gasteiger partial charge >= 0.3 is 5.97 Å². The third-order valence-electron chi connectivity index (χ3n) is 6.23. The van der Waals surface area contributed by atoms with Crippen LogP contribution in [-0.2, 0) is 9.53 Å². The van der Waals surface area contributed by atoms with Gasteiger partial charge in [0.25, 0.3) is 0 Å². The second kappa shape index (κ2) is 11.4. The molecule has 2 fully saturated rings. The first kappa shape index (κ1) is 20.9. The summed E-state index contributed by atoms with van der Waals surface area (Å²) in [6.45, 7) is 2.24. The van der Waals surface area contributed by atoms with Gasteiger partial charge in [0.2, 0.25) is 0 Å². The normalized spacial score (nSPS) is 29.8. The van der Waals surface area contributed by atoms with E-state index < -0.39 is 5.83 Å². The van der Waals surface area contributed by atoms with Crippen LogP contribution in [0.4, 0.5) is 4.39 Å². The molecule has 2 rings (SSSR count). The Labute approximate surface area is 158 Å². The van der Waals surface area contributed by atoms with E-state index in [4.69, 9.17) is 10.00 Å². The van der Waals surface area contributed by atoms with Gasteiger partial charge in [0.15, 0.2) is 5.83 Å². The molecule has 0 spiro atoms. The van der Waals surface area contributed by atoms with Crippen LogP contribution in [0.1, 0.15) is 90.4 Å². The smallest absolute Gasteiger partial charge is 0.309 e. The second-order valence-corrected chi connectivity index (χ2v) is 8.18. The van der Waals surface area contributed by atoms with Crippen LogP contribution in [0.15, 0.2) is 11.9 Å². The standard InChI is InChI=1S/C22H34FNO2/c1-2-3-5-17-8-12-19(13-9-17)22(25)26-21-14-10-18(11-15-21)6-4-7-20(23)16-24/h7,17-19,21H,2-6,8-15H2,1H3/b20-7+. The predicted molar refractivity (Wildman–Crippen MR) is 101 cm³/mol. The summed E-state index contributed by atoms with van der Waals surface area (Å²) in [7, 11) is 0. The van der Waals surface area contributed by atoms with Crippen molar-refractivity contribution in [3.05, 3.63) is 11.9 Å². The molecule has 0 heterocycles. The molecule has 2 aliphatic carbocycles. The van der Waals surface area contributed by atoms with Crippen molar-refractivity contribution in [3.63, 3.8) is 0 Å². The minimum Gasteiger partial charge on any atom is -0.462 e. The number of rotatable bonds is 8. The monoisotopic (exact) mass is 363 g/mol. The average molecular weight is 364 g/mol. The molecule has 0 saturated heterocycles. The quantitative estimate of drug-likeness (QED) is 0.379. The summed E-state index contributed by atoms with van der Waals surface area (Å²) in [5, 5.41) is 8.41. The van der Waals surface area contributed by atoms with Gasteiger partial charge in [-0.3, -0.25) is 4.79 Å². The summed E-state index contributed by atoms with van der Waals surface area (Å²) in [6, 6.07) is 1.51. The summed E-state index contributed by atoms with van der Waals surface area (Å²) >= 11 is 0. The molecule has 0 bridgehead atoms. The molecule has 146 valence electrons. The van der Waals surface area contributed by atoms with E-state index in [2.05, 4.69) is 6.92 Å². The lowest BCUT2D eigenvalue weighted by atomic mass is 9.79. The second-order valence-electron chi connectivity index (χ2n) is 8.18. The summed E-state index contributed by atoms with van der Waals surface area (Å²) in [5.74, 6) is 0.833. The van der Waals surface area contributed by atoms with E-state index in [0.29, 0.717) is 12.3 Å². The highest BCUT2D eigenvalue weighted by atomic mass is 19.1. The SMILES string of the molecule is CCCCC1CCC(C(=O)OC2CCC(CC/C=C(/F)C#N)CC2)CC1. The molecule has 0 aliphatic heterocycles. The van der Waals surface area contributed by atoms with E-state index in [1.165, 1.54) is 44.2 Å². The van der Waals surface area contributed by atoms with Crippen LogP contribution in [0, 0.1) is 29.1 Å². The number of hydrogen-bond donors (Lipinski definition) is 0. The van der Waals surface area contributed by atoms with Gasteiger partial charge in [-0.1, -0.05) is 26.2 Å². The van der Waals surface area contributed by atoms with Crippen LogP contribution in [-0.4, -0.2) is 12.1 Å². The van der Waals surface area contributed by atoms with Gasteiger partial charge in [-0.15, -0.1) is 0 Å². The molecule has 0 aromatic rings. The fraction of sp³-hybridized carbons (Fsp3) is 0.818. The molecule has 3 nitrogen and oxygen atoms in total. The zero-order valence-corrected chi connectivity index (χ0v) is 16.2. The molecule has 4 heteroatoms. The zero-order valence-electron chi connectivity index (χ0n) is 16.2. The molecular weight excluding hydrogens is 329 g/mol. The number of carbonyl (C=O) groups is 1. The third kappa shape index (κ3) is 7.09. The number of hydrogen-bond acceptors (Lipinski definition) is 3. The lowest BCUT2D eigenvalue weighted by Crippen LogP contribution is -2.30. The molecule has 0 radical (unpaired) electrons. The van der Waals surface area contributed by atoms with Crippen molar-refractivity contribution in [2.24, 2.45) is 17.8 Å². The molecule has 2 aliphatic rings.